The Morgan fingerprint density at radius 1 is 0.938 bits per heavy atom. The van der Waals surface area contributed by atoms with Crippen LogP contribution in [0.4, 0.5) is 5.69 Å². The zero-order valence-electron chi connectivity index (χ0n) is 17.2. The first-order valence-corrected chi connectivity index (χ1v) is 11.8. The summed E-state index contributed by atoms with van der Waals surface area (Å²) in [5.41, 5.74) is 5.45. The zero-order valence-corrected chi connectivity index (χ0v) is 18.9. The molecule has 0 aliphatic rings. The number of carbonyl (C=O) groups excluding carboxylic acids is 2. The topological polar surface area (TPSA) is 123 Å². The van der Waals surface area contributed by atoms with Gasteiger partial charge in [0.15, 0.2) is 11.5 Å². The summed E-state index contributed by atoms with van der Waals surface area (Å²) in [4.78, 5) is 24.7. The van der Waals surface area contributed by atoms with Gasteiger partial charge in [0, 0.05) is 16.8 Å². The molecule has 9 nitrogen and oxygen atoms in total. The second-order valence-electron chi connectivity index (χ2n) is 6.32. The SMILES string of the molecule is CCOc1ccc(C(=O)NNC(=O)c2ccc(NS(=O)(=O)c3cccs3)cc2)cc1OC. The molecule has 3 N–H and O–H groups in total. The maximum atomic E-state index is 12.3. The lowest BCUT2D eigenvalue weighted by molar-refractivity contribution is 0.0846. The van der Waals surface area contributed by atoms with Crippen molar-refractivity contribution in [3.63, 3.8) is 0 Å². The van der Waals surface area contributed by atoms with E-state index < -0.39 is 21.8 Å². The highest BCUT2D eigenvalue weighted by Crippen LogP contribution is 2.28. The third kappa shape index (κ3) is 5.56. The molecule has 168 valence electrons. The Kier molecular flexibility index (Phi) is 7.33. The number of rotatable bonds is 8. The largest absolute Gasteiger partial charge is 0.493 e. The second kappa shape index (κ2) is 10.2. The van der Waals surface area contributed by atoms with Crippen LogP contribution in [0.5, 0.6) is 11.5 Å². The van der Waals surface area contributed by atoms with Crippen LogP contribution in [0.1, 0.15) is 27.6 Å². The maximum absolute atomic E-state index is 12.3. The first kappa shape index (κ1) is 23.1. The molecule has 0 aliphatic carbocycles. The molecule has 1 heterocycles. The van der Waals surface area contributed by atoms with Crippen LogP contribution in [0.15, 0.2) is 64.2 Å². The van der Waals surface area contributed by atoms with Crippen molar-refractivity contribution in [3.8, 4) is 11.5 Å². The number of amides is 2. The summed E-state index contributed by atoms with van der Waals surface area (Å²) in [5.74, 6) is -0.208. The van der Waals surface area contributed by atoms with Gasteiger partial charge in [-0.3, -0.25) is 25.2 Å². The number of benzene rings is 2. The van der Waals surface area contributed by atoms with Gasteiger partial charge in [0.2, 0.25) is 0 Å². The van der Waals surface area contributed by atoms with E-state index in [1.165, 1.54) is 43.5 Å². The smallest absolute Gasteiger partial charge is 0.271 e. The number of hydrazine groups is 1. The van der Waals surface area contributed by atoms with E-state index in [9.17, 15) is 18.0 Å². The molecule has 1 aromatic heterocycles. The number of nitrogens with one attached hydrogen (secondary N) is 3. The predicted molar refractivity (Wildman–Crippen MR) is 121 cm³/mol. The van der Waals surface area contributed by atoms with Crippen molar-refractivity contribution in [3.05, 3.63) is 71.1 Å². The lowest BCUT2D eigenvalue weighted by Gasteiger charge is -2.12. The molecule has 0 bridgehead atoms. The van der Waals surface area contributed by atoms with Crippen molar-refractivity contribution >= 4 is 38.9 Å². The van der Waals surface area contributed by atoms with Gasteiger partial charge >= 0.3 is 0 Å². The van der Waals surface area contributed by atoms with Crippen LogP contribution < -0.4 is 25.0 Å². The average molecular weight is 476 g/mol. The Hall–Kier alpha value is -3.57. The van der Waals surface area contributed by atoms with Crippen LogP contribution in [-0.2, 0) is 10.0 Å². The molecule has 2 amide bonds. The number of carbonyl (C=O) groups is 2. The van der Waals surface area contributed by atoms with E-state index >= 15 is 0 Å². The van der Waals surface area contributed by atoms with Gasteiger partial charge in [0.25, 0.3) is 21.8 Å². The Balaban J connectivity index is 1.60. The number of hydrogen-bond acceptors (Lipinski definition) is 7. The molecule has 3 rings (SSSR count). The Bertz CT molecular complexity index is 1190. The lowest BCUT2D eigenvalue weighted by Crippen LogP contribution is -2.41. The maximum Gasteiger partial charge on any atom is 0.271 e. The Morgan fingerprint density at radius 2 is 1.59 bits per heavy atom. The number of anilines is 1. The quantitative estimate of drug-likeness (QED) is 0.431. The first-order chi connectivity index (χ1) is 15.3. The first-order valence-electron chi connectivity index (χ1n) is 9.42. The van der Waals surface area contributed by atoms with E-state index in [0.29, 0.717) is 23.8 Å². The molecule has 0 spiro atoms. The fourth-order valence-corrected chi connectivity index (χ4v) is 4.70. The monoisotopic (exact) mass is 475 g/mol. The molecule has 32 heavy (non-hydrogen) atoms. The highest BCUT2D eigenvalue weighted by molar-refractivity contribution is 7.94. The Morgan fingerprint density at radius 3 is 2.19 bits per heavy atom. The fourth-order valence-electron chi connectivity index (χ4n) is 2.65. The van der Waals surface area contributed by atoms with Crippen molar-refractivity contribution in [1.29, 1.82) is 0 Å². The van der Waals surface area contributed by atoms with Crippen LogP contribution in [0.2, 0.25) is 0 Å². The van der Waals surface area contributed by atoms with Gasteiger partial charge in [0.1, 0.15) is 4.21 Å². The fraction of sp³-hybridized carbons (Fsp3) is 0.143. The van der Waals surface area contributed by atoms with Crippen molar-refractivity contribution in [2.45, 2.75) is 11.1 Å². The van der Waals surface area contributed by atoms with Gasteiger partial charge in [0.05, 0.1) is 13.7 Å². The zero-order chi connectivity index (χ0) is 23.1. The summed E-state index contributed by atoms with van der Waals surface area (Å²) in [6.07, 6.45) is 0. The molecule has 11 heteroatoms. The van der Waals surface area contributed by atoms with Gasteiger partial charge in [-0.2, -0.15) is 0 Å². The molecule has 2 aromatic carbocycles. The van der Waals surface area contributed by atoms with Crippen LogP contribution in [0, 0.1) is 0 Å². The second-order valence-corrected chi connectivity index (χ2v) is 9.18. The summed E-state index contributed by atoms with van der Waals surface area (Å²) in [6, 6.07) is 13.6. The van der Waals surface area contributed by atoms with E-state index in [1.54, 1.807) is 23.6 Å². The van der Waals surface area contributed by atoms with Crippen LogP contribution in [-0.4, -0.2) is 33.9 Å². The highest BCUT2D eigenvalue weighted by atomic mass is 32.2. The summed E-state index contributed by atoms with van der Waals surface area (Å²) in [6.45, 7) is 2.28. The predicted octanol–water partition coefficient (Wildman–Crippen LogP) is 3.03. The standard InChI is InChI=1S/C21H21N3O6S2/c1-3-30-17-11-8-15(13-18(17)29-2)21(26)23-22-20(25)14-6-9-16(10-7-14)24-32(27,28)19-5-4-12-31-19/h4-13,24H,3H2,1-2H3,(H,22,25)(H,23,26). The third-order valence-corrected chi connectivity index (χ3v) is 6.95. The van der Waals surface area contributed by atoms with Gasteiger partial charge in [-0.25, -0.2) is 8.42 Å². The third-order valence-electron chi connectivity index (χ3n) is 4.17. The van der Waals surface area contributed by atoms with Crippen LogP contribution in [0.3, 0.4) is 0 Å². The van der Waals surface area contributed by atoms with Crippen molar-refractivity contribution in [2.75, 3.05) is 18.4 Å². The van der Waals surface area contributed by atoms with Crippen molar-refractivity contribution in [2.24, 2.45) is 0 Å². The minimum Gasteiger partial charge on any atom is -0.493 e. The molecule has 0 saturated carbocycles. The molecular weight excluding hydrogens is 454 g/mol. The molecular formula is C21H21N3O6S2. The lowest BCUT2D eigenvalue weighted by atomic mass is 10.2. The summed E-state index contributed by atoms with van der Waals surface area (Å²) >= 11 is 1.10. The number of thiophene rings is 1. The van der Waals surface area contributed by atoms with E-state index in [4.69, 9.17) is 9.47 Å². The van der Waals surface area contributed by atoms with Gasteiger partial charge in [-0.1, -0.05) is 6.07 Å². The van der Waals surface area contributed by atoms with Gasteiger partial charge in [-0.05, 0) is 60.8 Å². The minimum absolute atomic E-state index is 0.188. The Labute approximate surface area is 189 Å². The highest BCUT2D eigenvalue weighted by Gasteiger charge is 2.16. The molecule has 0 unspecified atom stereocenters. The number of ether oxygens (including phenoxy) is 2. The minimum atomic E-state index is -3.68. The van der Waals surface area contributed by atoms with E-state index in [1.807, 2.05) is 6.92 Å². The normalized spacial score (nSPS) is 10.8. The molecule has 0 atom stereocenters. The molecule has 0 fully saturated rings. The number of sulfonamides is 1. The molecule has 0 aliphatic heterocycles. The van der Waals surface area contributed by atoms with Crippen molar-refractivity contribution in [1.82, 2.24) is 10.9 Å². The van der Waals surface area contributed by atoms with Crippen molar-refractivity contribution < 1.29 is 27.5 Å². The van der Waals surface area contributed by atoms with E-state index in [0.717, 1.165) is 11.3 Å². The van der Waals surface area contributed by atoms with Gasteiger partial charge < -0.3 is 9.47 Å². The van der Waals surface area contributed by atoms with Gasteiger partial charge in [-0.15, -0.1) is 11.3 Å². The average Bonchev–Trinajstić information content (AvgIpc) is 3.34. The number of methoxy groups -OCH3 is 1. The van der Waals surface area contributed by atoms with E-state index in [-0.39, 0.29) is 15.3 Å². The molecule has 0 radical (unpaired) electrons. The summed E-state index contributed by atoms with van der Waals surface area (Å²) in [7, 11) is -2.21. The summed E-state index contributed by atoms with van der Waals surface area (Å²) < 4.78 is 37.8. The van der Waals surface area contributed by atoms with E-state index in [2.05, 4.69) is 15.6 Å². The number of hydrogen-bond donors (Lipinski definition) is 3. The van der Waals surface area contributed by atoms with Crippen LogP contribution >= 0.6 is 11.3 Å². The summed E-state index contributed by atoms with van der Waals surface area (Å²) in [5, 5.41) is 1.67. The van der Waals surface area contributed by atoms with Crippen LogP contribution in [0.25, 0.3) is 0 Å². The molecule has 0 saturated heterocycles. The molecule has 3 aromatic rings.